The van der Waals surface area contributed by atoms with Crippen molar-refractivity contribution in [2.75, 3.05) is 24.2 Å². The molecule has 1 aromatic rings. The van der Waals surface area contributed by atoms with Gasteiger partial charge < -0.3 is 4.90 Å². The van der Waals surface area contributed by atoms with Crippen LogP contribution in [0.2, 0.25) is 0 Å². The zero-order valence-electron chi connectivity index (χ0n) is 11.4. The molecule has 1 heterocycles. The van der Waals surface area contributed by atoms with E-state index in [1.165, 1.54) is 10.6 Å². The fraction of sp³-hybridized carbons (Fsp3) is 0.500. The van der Waals surface area contributed by atoms with E-state index in [4.69, 9.17) is 0 Å². The van der Waals surface area contributed by atoms with Crippen LogP contribution in [0.15, 0.2) is 24.3 Å². The van der Waals surface area contributed by atoms with E-state index < -0.39 is 10.0 Å². The maximum Gasteiger partial charge on any atom is 0.242 e. The quantitative estimate of drug-likeness (QED) is 0.832. The Morgan fingerprint density at radius 3 is 2.70 bits per heavy atom. The average Bonchev–Trinajstić information content (AvgIpc) is 3.12. The van der Waals surface area contributed by atoms with Crippen LogP contribution in [0.25, 0.3) is 0 Å². The summed E-state index contributed by atoms with van der Waals surface area (Å²) in [4.78, 5) is 14.1. The van der Waals surface area contributed by atoms with Gasteiger partial charge >= 0.3 is 0 Å². The maximum absolute atomic E-state index is 12.4. The van der Waals surface area contributed by atoms with Crippen molar-refractivity contribution in [1.29, 1.82) is 0 Å². The van der Waals surface area contributed by atoms with Gasteiger partial charge in [-0.05, 0) is 30.9 Å². The van der Waals surface area contributed by atoms with Gasteiger partial charge in [0.25, 0.3) is 0 Å². The van der Waals surface area contributed by atoms with Crippen molar-refractivity contribution in [3.63, 3.8) is 0 Å². The summed E-state index contributed by atoms with van der Waals surface area (Å²) in [6.07, 6.45) is 3.73. The molecule has 0 spiro atoms. The Morgan fingerprint density at radius 1 is 1.35 bits per heavy atom. The van der Waals surface area contributed by atoms with Crippen LogP contribution in [0, 0.1) is 0 Å². The molecule has 0 N–H and O–H groups in total. The Bertz CT molecular complexity index is 638. The summed E-state index contributed by atoms with van der Waals surface area (Å²) in [6, 6.07) is 7.81. The summed E-state index contributed by atoms with van der Waals surface area (Å²) in [5.74, 6) is -0.132. The molecule has 1 amide bonds. The van der Waals surface area contributed by atoms with Gasteiger partial charge in [-0.1, -0.05) is 18.2 Å². The Kier molecular flexibility index (Phi) is 3.30. The van der Waals surface area contributed by atoms with Gasteiger partial charge in [-0.15, -0.1) is 0 Å². The van der Waals surface area contributed by atoms with E-state index in [1.54, 1.807) is 4.90 Å². The third kappa shape index (κ3) is 2.58. The van der Waals surface area contributed by atoms with Crippen LogP contribution in [0.1, 0.15) is 18.4 Å². The molecule has 1 saturated carbocycles. The summed E-state index contributed by atoms with van der Waals surface area (Å²) in [7, 11) is -3.32. The van der Waals surface area contributed by atoms with Crippen molar-refractivity contribution >= 4 is 21.6 Å². The SMILES string of the molecule is CS(=O)(=O)N(CC(=O)N1CCc2ccccc21)C1CC1. The largest absolute Gasteiger partial charge is 0.311 e. The zero-order valence-corrected chi connectivity index (χ0v) is 12.3. The van der Waals surface area contributed by atoms with Gasteiger partial charge in [0, 0.05) is 18.3 Å². The predicted molar refractivity (Wildman–Crippen MR) is 77.1 cm³/mol. The highest BCUT2D eigenvalue weighted by Gasteiger charge is 2.37. The van der Waals surface area contributed by atoms with Crippen LogP contribution >= 0.6 is 0 Å². The summed E-state index contributed by atoms with van der Waals surface area (Å²) >= 11 is 0. The van der Waals surface area contributed by atoms with E-state index in [9.17, 15) is 13.2 Å². The van der Waals surface area contributed by atoms with E-state index in [1.807, 2.05) is 24.3 Å². The molecular formula is C14H18N2O3S. The Labute approximate surface area is 119 Å². The number of hydrogen-bond acceptors (Lipinski definition) is 3. The molecule has 0 unspecified atom stereocenters. The van der Waals surface area contributed by atoms with E-state index in [-0.39, 0.29) is 18.5 Å². The van der Waals surface area contributed by atoms with E-state index in [2.05, 4.69) is 0 Å². The van der Waals surface area contributed by atoms with Gasteiger partial charge in [-0.3, -0.25) is 4.79 Å². The number of rotatable bonds is 4. The van der Waals surface area contributed by atoms with Crippen molar-refractivity contribution in [3.8, 4) is 0 Å². The summed E-state index contributed by atoms with van der Waals surface area (Å²) < 4.78 is 24.9. The number of amides is 1. The first kappa shape index (κ1) is 13.6. The van der Waals surface area contributed by atoms with E-state index >= 15 is 0 Å². The van der Waals surface area contributed by atoms with E-state index in [0.29, 0.717) is 6.54 Å². The predicted octanol–water partition coefficient (Wildman–Crippen LogP) is 1.000. The highest BCUT2D eigenvalue weighted by atomic mass is 32.2. The minimum absolute atomic E-state index is 0.0202. The van der Waals surface area contributed by atoms with Crippen molar-refractivity contribution in [2.24, 2.45) is 0 Å². The highest BCUT2D eigenvalue weighted by Crippen LogP contribution is 2.31. The Hall–Kier alpha value is -1.40. The smallest absolute Gasteiger partial charge is 0.242 e. The highest BCUT2D eigenvalue weighted by molar-refractivity contribution is 7.88. The van der Waals surface area contributed by atoms with Crippen molar-refractivity contribution in [3.05, 3.63) is 29.8 Å². The fourth-order valence-corrected chi connectivity index (χ4v) is 3.79. The van der Waals surface area contributed by atoms with Crippen LogP contribution in [0.3, 0.4) is 0 Å². The van der Waals surface area contributed by atoms with Crippen LogP contribution in [-0.2, 0) is 21.2 Å². The molecule has 1 aromatic carbocycles. The number of carbonyl (C=O) groups is 1. The maximum atomic E-state index is 12.4. The van der Waals surface area contributed by atoms with Gasteiger partial charge in [0.1, 0.15) is 0 Å². The Morgan fingerprint density at radius 2 is 2.05 bits per heavy atom. The topological polar surface area (TPSA) is 57.7 Å². The number of carbonyl (C=O) groups excluding carboxylic acids is 1. The zero-order chi connectivity index (χ0) is 14.3. The first-order valence-electron chi connectivity index (χ1n) is 6.82. The molecule has 1 aliphatic carbocycles. The normalized spacial score (nSPS) is 18.4. The third-order valence-electron chi connectivity index (χ3n) is 3.86. The molecule has 0 radical (unpaired) electrons. The first-order valence-corrected chi connectivity index (χ1v) is 8.67. The van der Waals surface area contributed by atoms with E-state index in [0.717, 1.165) is 30.5 Å². The van der Waals surface area contributed by atoms with Gasteiger partial charge in [-0.25, -0.2) is 8.42 Å². The lowest BCUT2D eigenvalue weighted by Gasteiger charge is -2.23. The number of para-hydroxylation sites is 1. The summed E-state index contributed by atoms with van der Waals surface area (Å²) in [5.41, 5.74) is 2.07. The molecule has 108 valence electrons. The number of hydrogen-bond donors (Lipinski definition) is 0. The lowest BCUT2D eigenvalue weighted by atomic mass is 10.2. The second-order valence-electron chi connectivity index (χ2n) is 5.46. The average molecular weight is 294 g/mol. The molecule has 0 bridgehead atoms. The van der Waals surface area contributed by atoms with Crippen molar-refractivity contribution in [1.82, 2.24) is 4.31 Å². The molecule has 1 fully saturated rings. The molecule has 20 heavy (non-hydrogen) atoms. The summed E-state index contributed by atoms with van der Waals surface area (Å²) in [5, 5.41) is 0. The molecule has 0 aromatic heterocycles. The van der Waals surface area contributed by atoms with Crippen LogP contribution in [0.5, 0.6) is 0 Å². The molecule has 3 rings (SSSR count). The second kappa shape index (κ2) is 4.86. The molecule has 5 nitrogen and oxygen atoms in total. The Balaban J connectivity index is 1.77. The van der Waals surface area contributed by atoms with Gasteiger partial charge in [-0.2, -0.15) is 4.31 Å². The minimum atomic E-state index is -3.32. The monoisotopic (exact) mass is 294 g/mol. The third-order valence-corrected chi connectivity index (χ3v) is 5.14. The molecule has 0 saturated heterocycles. The second-order valence-corrected chi connectivity index (χ2v) is 7.40. The molecule has 0 atom stereocenters. The fourth-order valence-electron chi connectivity index (χ4n) is 2.70. The van der Waals surface area contributed by atoms with Gasteiger partial charge in [0.05, 0.1) is 12.8 Å². The molecule has 2 aliphatic rings. The number of benzene rings is 1. The summed E-state index contributed by atoms with van der Waals surface area (Å²) in [6.45, 7) is 0.596. The van der Waals surface area contributed by atoms with Crippen molar-refractivity contribution in [2.45, 2.75) is 25.3 Å². The first-order chi connectivity index (χ1) is 9.47. The van der Waals surface area contributed by atoms with Crippen LogP contribution < -0.4 is 4.90 Å². The molecular weight excluding hydrogens is 276 g/mol. The number of fused-ring (bicyclic) bond motifs is 1. The molecule has 6 heteroatoms. The lowest BCUT2D eigenvalue weighted by molar-refractivity contribution is -0.118. The number of anilines is 1. The van der Waals surface area contributed by atoms with Crippen LogP contribution in [-0.4, -0.2) is 44.0 Å². The minimum Gasteiger partial charge on any atom is -0.311 e. The van der Waals surface area contributed by atoms with Gasteiger partial charge in [0.2, 0.25) is 15.9 Å². The van der Waals surface area contributed by atoms with Gasteiger partial charge in [0.15, 0.2) is 0 Å². The lowest BCUT2D eigenvalue weighted by Crippen LogP contribution is -2.43. The molecule has 1 aliphatic heterocycles. The number of nitrogens with zero attached hydrogens (tertiary/aromatic N) is 2. The standard InChI is InChI=1S/C14H18N2O3S/c1-20(18,19)16(12-6-7-12)10-14(17)15-9-8-11-4-2-3-5-13(11)15/h2-5,12H,6-10H2,1H3. The number of sulfonamides is 1. The van der Waals surface area contributed by atoms with Crippen LogP contribution in [0.4, 0.5) is 5.69 Å². The van der Waals surface area contributed by atoms with Crippen molar-refractivity contribution < 1.29 is 13.2 Å².